The third-order valence-corrected chi connectivity index (χ3v) is 2.79. The zero-order valence-electron chi connectivity index (χ0n) is 7.93. The molecule has 0 aromatic carbocycles. The molecule has 1 saturated heterocycles. The molecule has 1 aliphatic rings. The molecule has 2 aromatic heterocycles. The van der Waals surface area contributed by atoms with Gasteiger partial charge in [-0.15, -0.1) is 10.2 Å². The standard InChI is InChI=1S/C9H9ClN4O/c10-7-3-8-12-13-9(14(8)5-11-7)6-1-2-15-4-6/h3,5-6H,1-2,4H2. The number of hydrogen-bond acceptors (Lipinski definition) is 4. The second-order valence-electron chi connectivity index (χ2n) is 3.56. The van der Waals surface area contributed by atoms with Gasteiger partial charge in [-0.2, -0.15) is 0 Å². The third-order valence-electron chi connectivity index (χ3n) is 2.59. The fourth-order valence-corrected chi connectivity index (χ4v) is 1.95. The van der Waals surface area contributed by atoms with Crippen molar-refractivity contribution < 1.29 is 4.74 Å². The molecule has 0 amide bonds. The summed E-state index contributed by atoms with van der Waals surface area (Å²) in [7, 11) is 0. The Kier molecular flexibility index (Phi) is 2.07. The van der Waals surface area contributed by atoms with Crippen molar-refractivity contribution in [1.82, 2.24) is 19.6 Å². The minimum absolute atomic E-state index is 0.322. The lowest BCUT2D eigenvalue weighted by Gasteiger charge is -2.04. The van der Waals surface area contributed by atoms with Gasteiger partial charge >= 0.3 is 0 Å². The minimum atomic E-state index is 0.322. The number of halogens is 1. The van der Waals surface area contributed by atoms with Gasteiger partial charge in [-0.25, -0.2) is 4.98 Å². The topological polar surface area (TPSA) is 52.3 Å². The van der Waals surface area contributed by atoms with Gasteiger partial charge in [0.15, 0.2) is 5.65 Å². The number of nitrogens with zero attached hydrogens (tertiary/aromatic N) is 4. The van der Waals surface area contributed by atoms with Crippen LogP contribution in [0.2, 0.25) is 5.15 Å². The zero-order chi connectivity index (χ0) is 10.3. The molecule has 0 aliphatic carbocycles. The summed E-state index contributed by atoms with van der Waals surface area (Å²) in [4.78, 5) is 4.02. The maximum absolute atomic E-state index is 5.77. The fourth-order valence-electron chi connectivity index (χ4n) is 1.81. The summed E-state index contributed by atoms with van der Waals surface area (Å²) in [6, 6.07) is 1.70. The molecule has 0 radical (unpaired) electrons. The average Bonchev–Trinajstić information content (AvgIpc) is 2.82. The van der Waals surface area contributed by atoms with Gasteiger partial charge in [-0.3, -0.25) is 4.40 Å². The van der Waals surface area contributed by atoms with E-state index in [1.165, 1.54) is 0 Å². The first-order valence-corrected chi connectivity index (χ1v) is 5.16. The van der Waals surface area contributed by atoms with Gasteiger partial charge in [0, 0.05) is 18.6 Å². The van der Waals surface area contributed by atoms with Gasteiger partial charge in [-0.1, -0.05) is 11.6 Å². The summed E-state index contributed by atoms with van der Waals surface area (Å²) in [6.45, 7) is 1.50. The van der Waals surface area contributed by atoms with Crippen molar-refractivity contribution in [1.29, 1.82) is 0 Å². The van der Waals surface area contributed by atoms with Crippen LogP contribution in [0.3, 0.4) is 0 Å². The van der Waals surface area contributed by atoms with Crippen LogP contribution in [-0.4, -0.2) is 32.8 Å². The molecule has 3 rings (SSSR count). The number of ether oxygens (including phenoxy) is 1. The van der Waals surface area contributed by atoms with Crippen LogP contribution in [0.25, 0.3) is 5.65 Å². The van der Waals surface area contributed by atoms with E-state index in [4.69, 9.17) is 16.3 Å². The van der Waals surface area contributed by atoms with Crippen molar-refractivity contribution in [3.8, 4) is 0 Å². The Morgan fingerprint density at radius 1 is 1.47 bits per heavy atom. The molecule has 1 fully saturated rings. The molecule has 78 valence electrons. The quantitative estimate of drug-likeness (QED) is 0.685. The van der Waals surface area contributed by atoms with E-state index in [-0.39, 0.29) is 0 Å². The van der Waals surface area contributed by atoms with Gasteiger partial charge in [0.1, 0.15) is 17.3 Å². The molecule has 1 aliphatic heterocycles. The molecule has 0 saturated carbocycles. The largest absolute Gasteiger partial charge is 0.381 e. The molecule has 6 heteroatoms. The summed E-state index contributed by atoms with van der Waals surface area (Å²) in [5.74, 6) is 1.23. The molecular weight excluding hydrogens is 216 g/mol. The smallest absolute Gasteiger partial charge is 0.165 e. The summed E-state index contributed by atoms with van der Waals surface area (Å²) in [5.41, 5.74) is 0.733. The molecule has 15 heavy (non-hydrogen) atoms. The second kappa shape index (κ2) is 3.43. The maximum atomic E-state index is 5.77. The van der Waals surface area contributed by atoms with E-state index in [2.05, 4.69) is 15.2 Å². The predicted molar refractivity (Wildman–Crippen MR) is 54.0 cm³/mol. The van der Waals surface area contributed by atoms with E-state index in [1.54, 1.807) is 12.4 Å². The van der Waals surface area contributed by atoms with Crippen LogP contribution in [0.5, 0.6) is 0 Å². The Bertz CT molecular complexity index is 492. The normalized spacial score (nSPS) is 21.3. The van der Waals surface area contributed by atoms with E-state index in [9.17, 15) is 0 Å². The van der Waals surface area contributed by atoms with Gasteiger partial charge in [0.25, 0.3) is 0 Å². The van der Waals surface area contributed by atoms with Crippen LogP contribution >= 0.6 is 11.6 Å². The van der Waals surface area contributed by atoms with Gasteiger partial charge < -0.3 is 4.74 Å². The van der Waals surface area contributed by atoms with Crippen molar-refractivity contribution in [2.24, 2.45) is 0 Å². The van der Waals surface area contributed by atoms with Crippen LogP contribution in [-0.2, 0) is 4.74 Å². The van der Waals surface area contributed by atoms with E-state index in [0.29, 0.717) is 17.7 Å². The first-order valence-electron chi connectivity index (χ1n) is 4.78. The van der Waals surface area contributed by atoms with E-state index >= 15 is 0 Å². The van der Waals surface area contributed by atoms with Crippen molar-refractivity contribution in [3.63, 3.8) is 0 Å². The molecule has 1 unspecified atom stereocenters. The van der Waals surface area contributed by atoms with Crippen LogP contribution in [0.1, 0.15) is 18.2 Å². The lowest BCUT2D eigenvalue weighted by atomic mass is 10.1. The van der Waals surface area contributed by atoms with Crippen molar-refractivity contribution in [2.45, 2.75) is 12.3 Å². The third kappa shape index (κ3) is 1.48. The van der Waals surface area contributed by atoms with Crippen molar-refractivity contribution >= 4 is 17.2 Å². The zero-order valence-corrected chi connectivity index (χ0v) is 8.68. The molecule has 3 heterocycles. The van der Waals surface area contributed by atoms with Crippen LogP contribution in [0.15, 0.2) is 12.4 Å². The Balaban J connectivity index is 2.11. The summed E-state index contributed by atoms with van der Waals surface area (Å²) in [5, 5.41) is 8.64. The summed E-state index contributed by atoms with van der Waals surface area (Å²) >= 11 is 5.77. The second-order valence-corrected chi connectivity index (χ2v) is 3.95. The van der Waals surface area contributed by atoms with E-state index in [0.717, 1.165) is 24.5 Å². The highest BCUT2D eigenvalue weighted by Crippen LogP contribution is 2.24. The summed E-state index contributed by atoms with van der Waals surface area (Å²) < 4.78 is 7.19. The average molecular weight is 225 g/mol. The van der Waals surface area contributed by atoms with Crippen molar-refractivity contribution in [2.75, 3.05) is 13.2 Å². The Labute approximate surface area is 91.0 Å². The number of fused-ring (bicyclic) bond motifs is 1. The van der Waals surface area contributed by atoms with Gasteiger partial charge in [-0.05, 0) is 6.42 Å². The number of aromatic nitrogens is 4. The highest BCUT2D eigenvalue weighted by Gasteiger charge is 2.22. The SMILES string of the molecule is Clc1cc2nnc(C3CCOC3)n2cn1. The Morgan fingerprint density at radius 2 is 2.40 bits per heavy atom. The Hall–Kier alpha value is -1.20. The first kappa shape index (κ1) is 9.06. The molecule has 0 N–H and O–H groups in total. The highest BCUT2D eigenvalue weighted by atomic mass is 35.5. The molecule has 0 bridgehead atoms. The molecular formula is C9H9ClN4O. The van der Waals surface area contributed by atoms with Gasteiger partial charge in [0.2, 0.25) is 0 Å². The number of rotatable bonds is 1. The molecule has 0 spiro atoms. The maximum Gasteiger partial charge on any atom is 0.165 e. The van der Waals surface area contributed by atoms with Crippen LogP contribution in [0, 0.1) is 0 Å². The Morgan fingerprint density at radius 3 is 3.20 bits per heavy atom. The first-order chi connectivity index (χ1) is 7.34. The molecule has 2 aromatic rings. The van der Waals surface area contributed by atoms with Gasteiger partial charge in [0.05, 0.1) is 6.61 Å². The highest BCUT2D eigenvalue weighted by molar-refractivity contribution is 6.29. The molecule has 5 nitrogen and oxygen atoms in total. The lowest BCUT2D eigenvalue weighted by molar-refractivity contribution is 0.193. The predicted octanol–water partition coefficient (Wildman–Crippen LogP) is 1.28. The lowest BCUT2D eigenvalue weighted by Crippen LogP contribution is -2.04. The van der Waals surface area contributed by atoms with E-state index < -0.39 is 0 Å². The minimum Gasteiger partial charge on any atom is -0.381 e. The van der Waals surface area contributed by atoms with Crippen LogP contribution < -0.4 is 0 Å². The monoisotopic (exact) mass is 224 g/mol. The van der Waals surface area contributed by atoms with E-state index in [1.807, 2.05) is 4.40 Å². The summed E-state index contributed by atoms with van der Waals surface area (Å²) in [6.07, 6.45) is 2.65. The van der Waals surface area contributed by atoms with Crippen molar-refractivity contribution in [3.05, 3.63) is 23.4 Å². The number of hydrogen-bond donors (Lipinski definition) is 0. The fraction of sp³-hybridized carbons (Fsp3) is 0.444. The van der Waals surface area contributed by atoms with Crippen LogP contribution in [0.4, 0.5) is 0 Å². The molecule has 1 atom stereocenters.